The van der Waals surface area contributed by atoms with E-state index in [0.717, 1.165) is 25.9 Å². The Bertz CT molecular complexity index is 477. The lowest BCUT2D eigenvalue weighted by Gasteiger charge is -2.02. The van der Waals surface area contributed by atoms with Crippen molar-refractivity contribution in [2.45, 2.75) is 6.42 Å². The lowest BCUT2D eigenvalue weighted by atomic mass is 10.1. The van der Waals surface area contributed by atoms with Gasteiger partial charge in [0.15, 0.2) is 0 Å². The summed E-state index contributed by atoms with van der Waals surface area (Å²) < 4.78 is 2.66. The van der Waals surface area contributed by atoms with E-state index in [1.807, 2.05) is 18.2 Å². The van der Waals surface area contributed by atoms with Crippen LogP contribution >= 0.6 is 47.8 Å². The van der Waals surface area contributed by atoms with Crippen LogP contribution in [0, 0.1) is 0 Å². The van der Waals surface area contributed by atoms with Crippen molar-refractivity contribution in [1.82, 2.24) is 9.97 Å². The predicted molar refractivity (Wildman–Crippen MR) is 74.4 cm³/mol. The average Bonchev–Trinajstić information content (AvgIpc) is 2.20. The molecule has 0 amide bonds. The molecule has 0 unspecified atom stereocenters. The van der Waals surface area contributed by atoms with E-state index in [4.69, 9.17) is 0 Å². The molecule has 82 valence electrons. The molecule has 16 heavy (non-hydrogen) atoms. The van der Waals surface area contributed by atoms with Gasteiger partial charge in [-0.3, -0.25) is 0 Å². The van der Waals surface area contributed by atoms with E-state index in [9.17, 15) is 0 Å². The first kappa shape index (κ1) is 12.2. The van der Waals surface area contributed by atoms with Crippen LogP contribution in [0.5, 0.6) is 0 Å². The summed E-state index contributed by atoms with van der Waals surface area (Å²) in [6, 6.07) is 9.97. The normalized spacial score (nSPS) is 10.4. The molecule has 0 bridgehead atoms. The predicted octanol–water partition coefficient (Wildman–Crippen LogP) is 4.35. The minimum Gasteiger partial charge on any atom is -0.226 e. The van der Waals surface area contributed by atoms with Crippen LogP contribution in [0.15, 0.2) is 44.0 Å². The van der Waals surface area contributed by atoms with Crippen LogP contribution in [0.1, 0.15) is 11.4 Å². The fraction of sp³-hybridized carbons (Fsp3) is 0.0909. The number of rotatable bonds is 2. The molecular weight excluding hydrogens is 400 g/mol. The maximum absolute atomic E-state index is 4.32. The Hall–Kier alpha value is -0.260. The molecule has 1 aromatic carbocycles. The molecule has 0 radical (unpaired) electrons. The zero-order chi connectivity index (χ0) is 11.5. The summed E-state index contributed by atoms with van der Waals surface area (Å²) in [6.45, 7) is 0. The quantitative estimate of drug-likeness (QED) is 0.693. The third-order valence-electron chi connectivity index (χ3n) is 1.99. The molecule has 0 atom stereocenters. The second-order valence-electron chi connectivity index (χ2n) is 3.23. The zero-order valence-electron chi connectivity index (χ0n) is 8.12. The molecule has 0 saturated carbocycles. The second-order valence-corrected chi connectivity index (χ2v) is 5.77. The smallest absolute Gasteiger partial charge is 0.135 e. The monoisotopic (exact) mass is 404 g/mol. The summed E-state index contributed by atoms with van der Waals surface area (Å²) in [5.41, 5.74) is 1.19. The minimum absolute atomic E-state index is 0.727. The van der Waals surface area contributed by atoms with E-state index in [2.05, 4.69) is 69.9 Å². The highest BCUT2D eigenvalue weighted by molar-refractivity contribution is 9.11. The van der Waals surface area contributed by atoms with E-state index in [-0.39, 0.29) is 0 Å². The first-order chi connectivity index (χ1) is 7.63. The zero-order valence-corrected chi connectivity index (χ0v) is 12.9. The second kappa shape index (κ2) is 5.38. The molecule has 1 aromatic heterocycles. The van der Waals surface area contributed by atoms with Crippen molar-refractivity contribution in [3.63, 3.8) is 0 Å². The Morgan fingerprint density at radius 2 is 1.44 bits per heavy atom. The van der Waals surface area contributed by atoms with Crippen LogP contribution in [0.3, 0.4) is 0 Å². The Morgan fingerprint density at radius 3 is 2.00 bits per heavy atom. The van der Waals surface area contributed by atoms with Gasteiger partial charge in [-0.15, -0.1) is 0 Å². The molecule has 0 spiro atoms. The largest absolute Gasteiger partial charge is 0.226 e. The van der Waals surface area contributed by atoms with Gasteiger partial charge >= 0.3 is 0 Å². The molecule has 0 aliphatic heterocycles. The molecule has 0 saturated heterocycles. The van der Waals surface area contributed by atoms with Crippen LogP contribution in [-0.2, 0) is 6.42 Å². The Morgan fingerprint density at radius 1 is 0.875 bits per heavy atom. The Kier molecular flexibility index (Phi) is 4.10. The molecule has 0 aliphatic rings. The molecule has 0 aliphatic carbocycles. The van der Waals surface area contributed by atoms with Gasteiger partial charge in [-0.2, -0.15) is 0 Å². The standard InChI is InChI=1S/C11H7Br3N2/c12-8-3-1-7(2-4-8)5-11-15-9(13)6-10(14)16-11/h1-4,6H,5H2. The SMILES string of the molecule is Brc1ccc(Cc2nc(Br)cc(Br)n2)cc1. The summed E-state index contributed by atoms with van der Waals surface area (Å²) in [5.74, 6) is 0.795. The first-order valence-corrected chi connectivity index (χ1v) is 6.95. The van der Waals surface area contributed by atoms with Gasteiger partial charge in [0.2, 0.25) is 0 Å². The van der Waals surface area contributed by atoms with Crippen molar-refractivity contribution in [3.8, 4) is 0 Å². The average molecular weight is 407 g/mol. The summed E-state index contributed by atoms with van der Waals surface area (Å²) in [6.07, 6.45) is 0.727. The molecule has 2 aromatic rings. The van der Waals surface area contributed by atoms with E-state index in [1.54, 1.807) is 0 Å². The highest BCUT2D eigenvalue weighted by Crippen LogP contribution is 2.16. The number of hydrogen-bond acceptors (Lipinski definition) is 2. The summed E-state index contributed by atoms with van der Waals surface area (Å²) in [7, 11) is 0. The van der Waals surface area contributed by atoms with E-state index in [1.165, 1.54) is 5.56 Å². The number of benzene rings is 1. The van der Waals surface area contributed by atoms with Gasteiger partial charge in [-0.1, -0.05) is 28.1 Å². The maximum Gasteiger partial charge on any atom is 0.135 e. The van der Waals surface area contributed by atoms with Crippen LogP contribution in [0.25, 0.3) is 0 Å². The van der Waals surface area contributed by atoms with Crippen molar-refractivity contribution in [3.05, 3.63) is 55.4 Å². The number of halogens is 3. The van der Waals surface area contributed by atoms with Crippen molar-refractivity contribution < 1.29 is 0 Å². The lowest BCUT2D eigenvalue weighted by molar-refractivity contribution is 0.941. The van der Waals surface area contributed by atoms with Gasteiger partial charge in [0, 0.05) is 17.0 Å². The molecular formula is C11H7Br3N2. The Labute approximate surface area is 119 Å². The molecule has 2 nitrogen and oxygen atoms in total. The summed E-state index contributed by atoms with van der Waals surface area (Å²) in [5, 5.41) is 0. The number of aromatic nitrogens is 2. The first-order valence-electron chi connectivity index (χ1n) is 4.57. The van der Waals surface area contributed by atoms with Crippen LogP contribution in [0.4, 0.5) is 0 Å². The molecule has 5 heteroatoms. The van der Waals surface area contributed by atoms with E-state index in [0.29, 0.717) is 0 Å². The van der Waals surface area contributed by atoms with Crippen molar-refractivity contribution in [2.24, 2.45) is 0 Å². The van der Waals surface area contributed by atoms with E-state index < -0.39 is 0 Å². The highest BCUT2D eigenvalue weighted by atomic mass is 79.9. The summed E-state index contributed by atoms with van der Waals surface area (Å²) in [4.78, 5) is 8.63. The third-order valence-corrected chi connectivity index (χ3v) is 3.33. The maximum atomic E-state index is 4.32. The molecule has 0 N–H and O–H groups in total. The van der Waals surface area contributed by atoms with Crippen molar-refractivity contribution in [1.29, 1.82) is 0 Å². The van der Waals surface area contributed by atoms with Crippen LogP contribution in [-0.4, -0.2) is 9.97 Å². The number of hydrogen-bond donors (Lipinski definition) is 0. The molecule has 1 heterocycles. The van der Waals surface area contributed by atoms with Gasteiger partial charge in [0.1, 0.15) is 15.0 Å². The van der Waals surface area contributed by atoms with Gasteiger partial charge in [-0.25, -0.2) is 9.97 Å². The van der Waals surface area contributed by atoms with Crippen molar-refractivity contribution in [2.75, 3.05) is 0 Å². The fourth-order valence-corrected chi connectivity index (χ4v) is 2.71. The highest BCUT2D eigenvalue weighted by Gasteiger charge is 2.02. The minimum atomic E-state index is 0.727. The van der Waals surface area contributed by atoms with Gasteiger partial charge in [-0.05, 0) is 49.6 Å². The summed E-state index contributed by atoms with van der Waals surface area (Å²) >= 11 is 10.1. The van der Waals surface area contributed by atoms with Gasteiger partial charge in [0.25, 0.3) is 0 Å². The molecule has 0 fully saturated rings. The van der Waals surface area contributed by atoms with Crippen molar-refractivity contribution >= 4 is 47.8 Å². The topological polar surface area (TPSA) is 25.8 Å². The Balaban J connectivity index is 2.23. The van der Waals surface area contributed by atoms with E-state index >= 15 is 0 Å². The van der Waals surface area contributed by atoms with Crippen LogP contribution < -0.4 is 0 Å². The van der Waals surface area contributed by atoms with Crippen LogP contribution in [0.2, 0.25) is 0 Å². The third kappa shape index (κ3) is 3.37. The lowest BCUT2D eigenvalue weighted by Crippen LogP contribution is -1.97. The van der Waals surface area contributed by atoms with Gasteiger partial charge < -0.3 is 0 Å². The molecule has 2 rings (SSSR count). The fourth-order valence-electron chi connectivity index (χ4n) is 1.30. The number of nitrogens with zero attached hydrogens (tertiary/aromatic N) is 2. The van der Waals surface area contributed by atoms with Gasteiger partial charge in [0.05, 0.1) is 0 Å².